The van der Waals surface area contributed by atoms with Crippen LogP contribution in [-0.2, 0) is 0 Å². The molecule has 0 aliphatic carbocycles. The summed E-state index contributed by atoms with van der Waals surface area (Å²) in [7, 11) is 0. The monoisotopic (exact) mass is 262 g/mol. The lowest BCUT2D eigenvalue weighted by molar-refractivity contribution is 0.305. The first-order valence-corrected chi connectivity index (χ1v) is 6.44. The van der Waals surface area contributed by atoms with Crippen molar-refractivity contribution in [3.63, 3.8) is 0 Å². The van der Waals surface area contributed by atoms with Crippen LogP contribution in [0.3, 0.4) is 0 Å². The van der Waals surface area contributed by atoms with Gasteiger partial charge in [-0.05, 0) is 18.6 Å². The molecule has 2 heterocycles. The van der Waals surface area contributed by atoms with E-state index in [1.54, 1.807) is 12.4 Å². The number of rotatable bonds is 5. The number of hydrogen-bond acceptors (Lipinski definition) is 6. The zero-order valence-electron chi connectivity index (χ0n) is 10.0. The highest BCUT2D eigenvalue weighted by molar-refractivity contribution is 7.99. The molecule has 18 heavy (non-hydrogen) atoms. The maximum Gasteiger partial charge on any atom is 0.241 e. The second-order valence-corrected chi connectivity index (χ2v) is 4.59. The molecule has 2 aromatic rings. The van der Waals surface area contributed by atoms with Gasteiger partial charge in [0.25, 0.3) is 0 Å². The average Bonchev–Trinajstić information content (AvgIpc) is 2.41. The maximum atomic E-state index is 5.99. The van der Waals surface area contributed by atoms with Crippen molar-refractivity contribution in [1.29, 1.82) is 0 Å². The Labute approximate surface area is 110 Å². The molecule has 0 saturated heterocycles. The van der Waals surface area contributed by atoms with Gasteiger partial charge in [-0.1, -0.05) is 18.7 Å². The van der Waals surface area contributed by atoms with E-state index in [-0.39, 0.29) is 0 Å². The topological polar surface area (TPSA) is 73.9 Å². The number of ether oxygens (including phenoxy) is 1. The quantitative estimate of drug-likeness (QED) is 0.834. The minimum atomic E-state index is 0.448. The van der Waals surface area contributed by atoms with Crippen LogP contribution in [0.5, 0.6) is 5.88 Å². The van der Waals surface area contributed by atoms with E-state index < -0.39 is 0 Å². The van der Waals surface area contributed by atoms with Gasteiger partial charge in [0.05, 0.1) is 6.61 Å². The van der Waals surface area contributed by atoms with E-state index in [9.17, 15) is 0 Å². The number of aromatic nitrogens is 3. The van der Waals surface area contributed by atoms with Gasteiger partial charge < -0.3 is 10.5 Å². The Hall–Kier alpha value is -1.82. The summed E-state index contributed by atoms with van der Waals surface area (Å²) in [5.74, 6) is 0.448. The van der Waals surface area contributed by atoms with E-state index in [0.717, 1.165) is 11.3 Å². The smallest absolute Gasteiger partial charge is 0.241 e. The number of pyridine rings is 1. The third kappa shape index (κ3) is 3.10. The summed E-state index contributed by atoms with van der Waals surface area (Å²) in [5, 5.41) is 0.697. The Balaban J connectivity index is 2.18. The molecule has 6 heteroatoms. The van der Waals surface area contributed by atoms with Gasteiger partial charge in [0.15, 0.2) is 0 Å². The molecule has 0 unspecified atom stereocenters. The van der Waals surface area contributed by atoms with Crippen LogP contribution in [-0.4, -0.2) is 21.6 Å². The van der Waals surface area contributed by atoms with E-state index in [4.69, 9.17) is 10.5 Å². The third-order valence-corrected chi connectivity index (χ3v) is 3.14. The Morgan fingerprint density at radius 2 is 2.06 bits per heavy atom. The molecule has 0 bridgehead atoms. The van der Waals surface area contributed by atoms with Crippen molar-refractivity contribution in [1.82, 2.24) is 15.0 Å². The highest BCUT2D eigenvalue weighted by atomic mass is 32.2. The summed E-state index contributed by atoms with van der Waals surface area (Å²) in [6.45, 7) is 2.63. The van der Waals surface area contributed by atoms with Crippen LogP contribution >= 0.6 is 11.8 Å². The van der Waals surface area contributed by atoms with E-state index >= 15 is 0 Å². The molecule has 0 atom stereocenters. The van der Waals surface area contributed by atoms with Crippen molar-refractivity contribution in [3.8, 4) is 5.88 Å². The SMILES string of the molecule is CCCOc1ncnc(Sc2ccncc2)c1N. The van der Waals surface area contributed by atoms with Crippen molar-refractivity contribution < 1.29 is 4.74 Å². The molecule has 2 rings (SSSR count). The van der Waals surface area contributed by atoms with Gasteiger partial charge >= 0.3 is 0 Å². The van der Waals surface area contributed by atoms with Crippen LogP contribution in [0.15, 0.2) is 40.8 Å². The Kier molecular flexibility index (Phi) is 4.35. The lowest BCUT2D eigenvalue weighted by atomic mass is 10.5. The number of nitrogen functional groups attached to an aromatic ring is 1. The molecule has 0 aliphatic heterocycles. The van der Waals surface area contributed by atoms with E-state index in [1.165, 1.54) is 18.1 Å². The number of anilines is 1. The van der Waals surface area contributed by atoms with Crippen LogP contribution in [0.25, 0.3) is 0 Å². The maximum absolute atomic E-state index is 5.99. The molecule has 0 amide bonds. The predicted octanol–water partition coefficient (Wildman–Crippen LogP) is 2.39. The molecule has 0 fully saturated rings. The number of nitrogens with zero attached hydrogens (tertiary/aromatic N) is 3. The predicted molar refractivity (Wildman–Crippen MR) is 70.6 cm³/mol. The average molecular weight is 262 g/mol. The van der Waals surface area contributed by atoms with Gasteiger partial charge in [-0.2, -0.15) is 4.98 Å². The lowest BCUT2D eigenvalue weighted by Crippen LogP contribution is -2.03. The third-order valence-electron chi connectivity index (χ3n) is 2.12. The zero-order chi connectivity index (χ0) is 12.8. The van der Waals surface area contributed by atoms with Gasteiger partial charge in [-0.25, -0.2) is 4.98 Å². The highest BCUT2D eigenvalue weighted by Gasteiger charge is 2.10. The molecular formula is C12H14N4OS. The fraction of sp³-hybridized carbons (Fsp3) is 0.250. The second-order valence-electron chi connectivity index (χ2n) is 3.53. The summed E-state index contributed by atoms with van der Waals surface area (Å²) in [4.78, 5) is 13.2. The number of nitrogens with two attached hydrogens (primary N) is 1. The molecule has 2 aromatic heterocycles. The molecular weight excluding hydrogens is 248 g/mol. The fourth-order valence-electron chi connectivity index (χ4n) is 1.28. The van der Waals surface area contributed by atoms with Gasteiger partial charge in [-0.15, -0.1) is 0 Å². The summed E-state index contributed by atoms with van der Waals surface area (Å²) in [6, 6.07) is 3.80. The van der Waals surface area contributed by atoms with E-state index in [1.807, 2.05) is 19.1 Å². The van der Waals surface area contributed by atoms with E-state index in [0.29, 0.717) is 23.2 Å². The van der Waals surface area contributed by atoms with Crippen molar-refractivity contribution in [2.45, 2.75) is 23.3 Å². The first-order chi connectivity index (χ1) is 8.81. The molecule has 0 radical (unpaired) electrons. The van der Waals surface area contributed by atoms with Gasteiger partial charge in [0.1, 0.15) is 17.0 Å². The van der Waals surface area contributed by atoms with Crippen LogP contribution in [0.1, 0.15) is 13.3 Å². The van der Waals surface area contributed by atoms with Gasteiger partial charge in [-0.3, -0.25) is 4.98 Å². The van der Waals surface area contributed by atoms with Crippen molar-refractivity contribution >= 4 is 17.4 Å². The Morgan fingerprint density at radius 3 is 2.78 bits per heavy atom. The van der Waals surface area contributed by atoms with Crippen molar-refractivity contribution in [2.24, 2.45) is 0 Å². The molecule has 94 valence electrons. The van der Waals surface area contributed by atoms with E-state index in [2.05, 4.69) is 15.0 Å². The second kappa shape index (κ2) is 6.20. The van der Waals surface area contributed by atoms with Crippen LogP contribution in [0.2, 0.25) is 0 Å². The summed E-state index contributed by atoms with van der Waals surface area (Å²) >= 11 is 1.47. The minimum absolute atomic E-state index is 0.448. The van der Waals surface area contributed by atoms with Crippen LogP contribution in [0, 0.1) is 0 Å². The highest BCUT2D eigenvalue weighted by Crippen LogP contribution is 2.33. The Morgan fingerprint density at radius 1 is 1.28 bits per heavy atom. The fourth-order valence-corrected chi connectivity index (χ4v) is 2.06. The van der Waals surface area contributed by atoms with Crippen molar-refractivity contribution in [2.75, 3.05) is 12.3 Å². The number of hydrogen-bond donors (Lipinski definition) is 1. The van der Waals surface area contributed by atoms with Crippen LogP contribution in [0.4, 0.5) is 5.69 Å². The van der Waals surface area contributed by atoms with Crippen LogP contribution < -0.4 is 10.5 Å². The van der Waals surface area contributed by atoms with Gasteiger partial charge in [0.2, 0.25) is 5.88 Å². The van der Waals surface area contributed by atoms with Gasteiger partial charge in [0, 0.05) is 17.3 Å². The van der Waals surface area contributed by atoms with Crippen molar-refractivity contribution in [3.05, 3.63) is 30.9 Å². The summed E-state index contributed by atoms with van der Waals surface area (Å²) in [5.41, 5.74) is 6.46. The first kappa shape index (κ1) is 12.6. The summed E-state index contributed by atoms with van der Waals surface area (Å²) < 4.78 is 5.46. The zero-order valence-corrected chi connectivity index (χ0v) is 10.9. The Bertz CT molecular complexity index is 507. The molecule has 2 N–H and O–H groups in total. The largest absolute Gasteiger partial charge is 0.476 e. The lowest BCUT2D eigenvalue weighted by Gasteiger charge is -2.09. The normalized spacial score (nSPS) is 10.3. The first-order valence-electron chi connectivity index (χ1n) is 5.62. The molecule has 0 spiro atoms. The standard InChI is InChI=1S/C12H14N4OS/c1-2-7-17-11-10(13)12(16-8-15-11)18-9-3-5-14-6-4-9/h3-6,8H,2,7,13H2,1H3. The summed E-state index contributed by atoms with van der Waals surface area (Å²) in [6.07, 6.45) is 5.84. The minimum Gasteiger partial charge on any atom is -0.476 e. The molecule has 0 aromatic carbocycles. The molecule has 5 nitrogen and oxygen atoms in total. The molecule has 0 saturated carbocycles. The molecule has 0 aliphatic rings.